The molecule has 0 bridgehead atoms. The Morgan fingerprint density at radius 3 is 2.42 bits per heavy atom. The molecule has 0 N–H and O–H groups in total. The molecule has 0 unspecified atom stereocenters. The fourth-order valence-corrected chi connectivity index (χ4v) is 2.14. The minimum atomic E-state index is -3.12. The van der Waals surface area contributed by atoms with Gasteiger partial charge in [0.2, 0.25) is 0 Å². The van der Waals surface area contributed by atoms with Crippen LogP contribution in [0.25, 0.3) is 0 Å². The van der Waals surface area contributed by atoms with Gasteiger partial charge in [0.05, 0.1) is 29.7 Å². The van der Waals surface area contributed by atoms with Crippen LogP contribution in [0.1, 0.15) is 19.4 Å². The molecule has 0 spiro atoms. The highest BCUT2D eigenvalue weighted by atomic mass is 32.2. The summed E-state index contributed by atoms with van der Waals surface area (Å²) < 4.78 is 33.6. The molecule has 1 aromatic carbocycles. The van der Waals surface area contributed by atoms with Crippen molar-refractivity contribution in [2.75, 3.05) is 19.5 Å². The van der Waals surface area contributed by atoms with Gasteiger partial charge in [-0.25, -0.2) is 8.42 Å². The number of rotatable bonds is 6. The van der Waals surface area contributed by atoms with Gasteiger partial charge in [0, 0.05) is 6.07 Å². The van der Waals surface area contributed by atoms with Crippen LogP contribution < -0.4 is 9.47 Å². The lowest BCUT2D eigenvalue weighted by Gasteiger charge is -2.10. The molecular formula is C13H17NO4S. The lowest BCUT2D eigenvalue weighted by atomic mass is 10.2. The molecule has 19 heavy (non-hydrogen) atoms. The number of nitrogens with zero attached hydrogens (tertiary/aromatic N) is 1. The van der Waals surface area contributed by atoms with Gasteiger partial charge >= 0.3 is 0 Å². The smallest absolute Gasteiger partial charge is 0.155 e. The number of hydrogen-bond acceptors (Lipinski definition) is 5. The summed E-state index contributed by atoms with van der Waals surface area (Å²) in [6, 6.07) is 6.73. The van der Waals surface area contributed by atoms with Gasteiger partial charge in [-0.1, -0.05) is 0 Å². The van der Waals surface area contributed by atoms with Crippen LogP contribution >= 0.6 is 0 Å². The lowest BCUT2D eigenvalue weighted by Crippen LogP contribution is -2.22. The molecule has 0 saturated carbocycles. The van der Waals surface area contributed by atoms with Crippen molar-refractivity contribution < 1.29 is 17.9 Å². The second-order valence-corrected chi connectivity index (χ2v) is 6.95. The third-order valence-corrected chi connectivity index (χ3v) is 4.77. The average Bonchev–Trinajstić information content (AvgIpc) is 2.37. The minimum Gasteiger partial charge on any atom is -0.497 e. The molecule has 0 amide bonds. The van der Waals surface area contributed by atoms with Crippen LogP contribution in [0.3, 0.4) is 0 Å². The zero-order chi connectivity index (χ0) is 14.5. The van der Waals surface area contributed by atoms with Gasteiger partial charge in [0.15, 0.2) is 9.84 Å². The van der Waals surface area contributed by atoms with Gasteiger partial charge in [-0.15, -0.1) is 0 Å². The third kappa shape index (κ3) is 4.45. The topological polar surface area (TPSA) is 76.4 Å². The number of ether oxygens (including phenoxy) is 2. The van der Waals surface area contributed by atoms with Crippen molar-refractivity contribution in [3.05, 3.63) is 23.8 Å². The van der Waals surface area contributed by atoms with Crippen LogP contribution in [0.15, 0.2) is 18.2 Å². The molecule has 0 radical (unpaired) electrons. The Bertz CT molecular complexity index is 573. The van der Waals surface area contributed by atoms with Crippen LogP contribution in [-0.4, -0.2) is 33.1 Å². The van der Waals surface area contributed by atoms with Crippen molar-refractivity contribution in [3.8, 4) is 17.6 Å². The Labute approximate surface area is 113 Å². The molecule has 1 rings (SSSR count). The standard InChI is InChI=1S/C13H17NO4S/c1-10(2)19(15,16)5-4-18-13-7-11(9-14)6-12(8-13)17-3/h6-8,10H,4-5H2,1-3H3. The molecule has 1 aromatic rings. The van der Waals surface area contributed by atoms with Crippen molar-refractivity contribution in [3.63, 3.8) is 0 Å². The number of hydrogen-bond donors (Lipinski definition) is 0. The van der Waals surface area contributed by atoms with E-state index in [9.17, 15) is 8.42 Å². The van der Waals surface area contributed by atoms with E-state index in [0.717, 1.165) is 0 Å². The average molecular weight is 283 g/mol. The third-order valence-electron chi connectivity index (χ3n) is 2.60. The SMILES string of the molecule is COc1cc(C#N)cc(OCCS(=O)(=O)C(C)C)c1. The van der Waals surface area contributed by atoms with Gasteiger partial charge in [0.1, 0.15) is 18.1 Å². The molecule has 0 aliphatic heterocycles. The summed E-state index contributed by atoms with van der Waals surface area (Å²) in [4.78, 5) is 0. The van der Waals surface area contributed by atoms with Gasteiger partial charge < -0.3 is 9.47 Å². The fourth-order valence-electron chi connectivity index (χ4n) is 1.35. The summed E-state index contributed by atoms with van der Waals surface area (Å²) >= 11 is 0. The molecule has 0 aliphatic carbocycles. The van der Waals surface area contributed by atoms with E-state index < -0.39 is 15.1 Å². The van der Waals surface area contributed by atoms with E-state index in [1.807, 2.05) is 6.07 Å². The highest BCUT2D eigenvalue weighted by Gasteiger charge is 2.16. The summed E-state index contributed by atoms with van der Waals surface area (Å²) in [6.45, 7) is 3.32. The Kier molecular flexibility index (Phi) is 5.19. The van der Waals surface area contributed by atoms with Gasteiger partial charge in [-0.2, -0.15) is 5.26 Å². The highest BCUT2D eigenvalue weighted by molar-refractivity contribution is 7.91. The number of nitriles is 1. The molecule has 0 saturated heterocycles. The summed E-state index contributed by atoms with van der Waals surface area (Å²) in [5.74, 6) is 0.875. The maximum absolute atomic E-state index is 11.6. The van der Waals surface area contributed by atoms with E-state index in [1.165, 1.54) is 7.11 Å². The van der Waals surface area contributed by atoms with Crippen LogP contribution in [0.5, 0.6) is 11.5 Å². The summed E-state index contributed by atoms with van der Waals surface area (Å²) in [6.07, 6.45) is 0. The van der Waals surface area contributed by atoms with Gasteiger partial charge in [-0.05, 0) is 26.0 Å². The summed E-state index contributed by atoms with van der Waals surface area (Å²) in [7, 11) is -1.63. The van der Waals surface area contributed by atoms with E-state index in [4.69, 9.17) is 14.7 Å². The summed E-state index contributed by atoms with van der Waals surface area (Å²) in [5.41, 5.74) is 0.404. The first kappa shape index (κ1) is 15.3. The first-order chi connectivity index (χ1) is 8.89. The summed E-state index contributed by atoms with van der Waals surface area (Å²) in [5, 5.41) is 8.43. The number of sulfone groups is 1. The molecule has 5 nitrogen and oxygen atoms in total. The van der Waals surface area contributed by atoms with E-state index in [1.54, 1.807) is 32.0 Å². The predicted octanol–water partition coefficient (Wildman–Crippen LogP) is 1.77. The van der Waals surface area contributed by atoms with Crippen molar-refractivity contribution in [2.24, 2.45) is 0 Å². The predicted molar refractivity (Wildman–Crippen MR) is 72.1 cm³/mol. The number of methoxy groups -OCH3 is 1. The highest BCUT2D eigenvalue weighted by Crippen LogP contribution is 2.22. The van der Waals surface area contributed by atoms with Crippen LogP contribution in [0, 0.1) is 11.3 Å². The van der Waals surface area contributed by atoms with Crippen molar-refractivity contribution in [1.29, 1.82) is 5.26 Å². The molecule has 0 heterocycles. The van der Waals surface area contributed by atoms with Gasteiger partial charge in [0.25, 0.3) is 0 Å². The lowest BCUT2D eigenvalue weighted by molar-refractivity contribution is 0.336. The van der Waals surface area contributed by atoms with Crippen LogP contribution in [0.4, 0.5) is 0 Å². The quantitative estimate of drug-likeness (QED) is 0.795. The molecule has 6 heteroatoms. The zero-order valence-corrected chi connectivity index (χ0v) is 12.0. The first-order valence-corrected chi connectivity index (χ1v) is 7.54. The van der Waals surface area contributed by atoms with Crippen molar-refractivity contribution >= 4 is 9.84 Å². The largest absolute Gasteiger partial charge is 0.497 e. The van der Waals surface area contributed by atoms with Crippen molar-refractivity contribution in [1.82, 2.24) is 0 Å². The molecule has 0 aromatic heterocycles. The number of benzene rings is 1. The Hall–Kier alpha value is -1.74. The van der Waals surface area contributed by atoms with E-state index in [2.05, 4.69) is 0 Å². The maximum atomic E-state index is 11.6. The van der Waals surface area contributed by atoms with E-state index in [-0.39, 0.29) is 12.4 Å². The second kappa shape index (κ2) is 6.43. The zero-order valence-electron chi connectivity index (χ0n) is 11.2. The fraction of sp³-hybridized carbons (Fsp3) is 0.462. The van der Waals surface area contributed by atoms with Gasteiger partial charge in [-0.3, -0.25) is 0 Å². The molecule has 0 fully saturated rings. The van der Waals surface area contributed by atoms with Crippen LogP contribution in [0.2, 0.25) is 0 Å². The van der Waals surface area contributed by atoms with E-state index >= 15 is 0 Å². The molecular weight excluding hydrogens is 266 g/mol. The first-order valence-electron chi connectivity index (χ1n) is 5.82. The van der Waals surface area contributed by atoms with Crippen LogP contribution in [-0.2, 0) is 9.84 Å². The normalized spacial score (nSPS) is 11.1. The van der Waals surface area contributed by atoms with E-state index in [0.29, 0.717) is 17.1 Å². The second-order valence-electron chi connectivity index (χ2n) is 4.27. The Balaban J connectivity index is 2.71. The monoisotopic (exact) mass is 283 g/mol. The Morgan fingerprint density at radius 2 is 1.89 bits per heavy atom. The molecule has 0 atom stereocenters. The maximum Gasteiger partial charge on any atom is 0.155 e. The molecule has 104 valence electrons. The van der Waals surface area contributed by atoms with Crippen molar-refractivity contribution in [2.45, 2.75) is 19.1 Å². The molecule has 0 aliphatic rings. The minimum absolute atomic E-state index is 0.0518. The Morgan fingerprint density at radius 1 is 1.26 bits per heavy atom.